The van der Waals surface area contributed by atoms with Crippen LogP contribution in [0.2, 0.25) is 0 Å². The minimum Gasteiger partial charge on any atom is -0.383 e. The van der Waals surface area contributed by atoms with Crippen molar-refractivity contribution in [2.24, 2.45) is 0 Å². The maximum absolute atomic E-state index is 5.85. The topological polar surface area (TPSA) is 48.1 Å². The van der Waals surface area contributed by atoms with Crippen LogP contribution in [-0.4, -0.2) is 4.98 Å². The monoisotopic (exact) mass is 186 g/mol. The van der Waals surface area contributed by atoms with E-state index in [0.717, 1.165) is 16.5 Å². The van der Waals surface area contributed by atoms with Crippen LogP contribution >= 0.6 is 0 Å². The minimum atomic E-state index is 0.596. The summed E-state index contributed by atoms with van der Waals surface area (Å²) in [5, 5.41) is 1.16. The number of ether oxygens (including phenoxy) is 1. The van der Waals surface area contributed by atoms with Crippen molar-refractivity contribution < 1.29 is 4.74 Å². The Morgan fingerprint density at radius 3 is 2.86 bits per heavy atom. The van der Waals surface area contributed by atoms with Crippen molar-refractivity contribution in [3.8, 4) is 0 Å². The molecule has 0 amide bonds. The zero-order valence-corrected chi connectivity index (χ0v) is 7.66. The smallest absolute Gasteiger partial charge is 0.130 e. The standard InChI is InChI=1S/C11H10N2O/c12-11-9-6-14-5-8(9)7-3-1-2-4-10(7)13-11/h1-4H,5-6H2,(H2,12,13). The molecule has 70 valence electrons. The Morgan fingerprint density at radius 1 is 1.14 bits per heavy atom. The Hall–Kier alpha value is -1.61. The second-order valence-electron chi connectivity index (χ2n) is 3.46. The van der Waals surface area contributed by atoms with Gasteiger partial charge in [-0.15, -0.1) is 0 Å². The van der Waals surface area contributed by atoms with Crippen molar-refractivity contribution in [2.45, 2.75) is 13.2 Å². The fraction of sp³-hybridized carbons (Fsp3) is 0.182. The Morgan fingerprint density at radius 2 is 1.93 bits per heavy atom. The first-order valence-corrected chi connectivity index (χ1v) is 4.60. The second-order valence-corrected chi connectivity index (χ2v) is 3.46. The summed E-state index contributed by atoms with van der Waals surface area (Å²) in [5.41, 5.74) is 9.06. The van der Waals surface area contributed by atoms with Crippen molar-refractivity contribution in [1.29, 1.82) is 0 Å². The molecule has 0 unspecified atom stereocenters. The Balaban J connectivity index is 2.46. The van der Waals surface area contributed by atoms with E-state index in [1.165, 1.54) is 5.56 Å². The number of nitrogen functional groups attached to an aromatic ring is 1. The molecule has 1 aliphatic heterocycles. The predicted octanol–water partition coefficient (Wildman–Crippen LogP) is 1.85. The molecule has 1 aliphatic rings. The molecule has 0 spiro atoms. The SMILES string of the molecule is Nc1nc2ccccc2c2c1COC2. The maximum atomic E-state index is 5.85. The molecule has 3 heteroatoms. The van der Waals surface area contributed by atoms with Crippen LogP contribution in [0.1, 0.15) is 11.1 Å². The van der Waals surface area contributed by atoms with Crippen molar-refractivity contribution in [2.75, 3.05) is 5.73 Å². The highest BCUT2D eigenvalue weighted by atomic mass is 16.5. The zero-order chi connectivity index (χ0) is 9.54. The molecule has 0 bridgehead atoms. The van der Waals surface area contributed by atoms with Crippen LogP contribution in [0.4, 0.5) is 5.82 Å². The second kappa shape index (κ2) is 2.69. The van der Waals surface area contributed by atoms with Crippen LogP contribution in [0, 0.1) is 0 Å². The summed E-state index contributed by atoms with van der Waals surface area (Å²) in [6.07, 6.45) is 0. The molecule has 0 fully saturated rings. The first kappa shape index (κ1) is 7.76. The van der Waals surface area contributed by atoms with Crippen LogP contribution in [0.25, 0.3) is 10.9 Å². The highest BCUT2D eigenvalue weighted by Gasteiger charge is 2.18. The average molecular weight is 186 g/mol. The summed E-state index contributed by atoms with van der Waals surface area (Å²) < 4.78 is 5.38. The fourth-order valence-electron chi connectivity index (χ4n) is 1.92. The lowest BCUT2D eigenvalue weighted by molar-refractivity contribution is 0.135. The molecule has 0 saturated carbocycles. The summed E-state index contributed by atoms with van der Waals surface area (Å²) in [6.45, 7) is 1.25. The molecule has 0 aliphatic carbocycles. The van der Waals surface area contributed by atoms with Gasteiger partial charge in [0.05, 0.1) is 18.7 Å². The fourth-order valence-corrected chi connectivity index (χ4v) is 1.92. The molecule has 0 saturated heterocycles. The predicted molar refractivity (Wildman–Crippen MR) is 54.6 cm³/mol. The average Bonchev–Trinajstić information content (AvgIpc) is 2.67. The number of nitrogens with zero attached hydrogens (tertiary/aromatic N) is 1. The normalized spacial score (nSPS) is 14.6. The summed E-state index contributed by atoms with van der Waals surface area (Å²) in [6, 6.07) is 8.02. The number of rotatable bonds is 0. The largest absolute Gasteiger partial charge is 0.383 e. The molecule has 1 aromatic carbocycles. The van der Waals surface area contributed by atoms with Gasteiger partial charge in [0, 0.05) is 10.9 Å². The highest BCUT2D eigenvalue weighted by molar-refractivity contribution is 5.85. The zero-order valence-electron chi connectivity index (χ0n) is 7.66. The number of nitrogens with two attached hydrogens (primary N) is 1. The van der Waals surface area contributed by atoms with E-state index in [4.69, 9.17) is 10.5 Å². The van der Waals surface area contributed by atoms with Gasteiger partial charge in [0.2, 0.25) is 0 Å². The number of anilines is 1. The summed E-state index contributed by atoms with van der Waals surface area (Å²) in [5.74, 6) is 0.608. The van der Waals surface area contributed by atoms with Crippen molar-refractivity contribution >= 4 is 16.7 Å². The molecule has 0 radical (unpaired) electrons. The van der Waals surface area contributed by atoms with Crippen LogP contribution in [0.5, 0.6) is 0 Å². The molecule has 3 nitrogen and oxygen atoms in total. The highest BCUT2D eigenvalue weighted by Crippen LogP contribution is 2.30. The van der Waals surface area contributed by atoms with Gasteiger partial charge in [-0.05, 0) is 11.6 Å². The quantitative estimate of drug-likeness (QED) is 0.683. The van der Waals surface area contributed by atoms with Gasteiger partial charge >= 0.3 is 0 Å². The van der Waals surface area contributed by atoms with Gasteiger partial charge in [0.25, 0.3) is 0 Å². The van der Waals surface area contributed by atoms with E-state index in [0.29, 0.717) is 19.0 Å². The lowest BCUT2D eigenvalue weighted by Gasteiger charge is -2.05. The van der Waals surface area contributed by atoms with Gasteiger partial charge < -0.3 is 10.5 Å². The molecular weight excluding hydrogens is 176 g/mol. The number of para-hydroxylation sites is 1. The van der Waals surface area contributed by atoms with Crippen LogP contribution in [0.3, 0.4) is 0 Å². The molecule has 1 aromatic heterocycles. The van der Waals surface area contributed by atoms with Crippen molar-refractivity contribution in [3.05, 3.63) is 35.4 Å². The number of pyridine rings is 1. The van der Waals surface area contributed by atoms with Crippen LogP contribution in [-0.2, 0) is 18.0 Å². The van der Waals surface area contributed by atoms with E-state index in [1.54, 1.807) is 0 Å². The number of aromatic nitrogens is 1. The molecule has 2 aromatic rings. The Labute approximate surface area is 81.5 Å². The first-order chi connectivity index (χ1) is 6.86. The van der Waals surface area contributed by atoms with Gasteiger partial charge in [-0.25, -0.2) is 4.98 Å². The molecule has 2 N–H and O–H groups in total. The first-order valence-electron chi connectivity index (χ1n) is 4.60. The molecule has 14 heavy (non-hydrogen) atoms. The van der Waals surface area contributed by atoms with E-state index in [1.807, 2.05) is 18.2 Å². The number of hydrogen-bond acceptors (Lipinski definition) is 3. The minimum absolute atomic E-state index is 0.596. The Kier molecular flexibility index (Phi) is 1.49. The molecule has 0 atom stereocenters. The van der Waals surface area contributed by atoms with E-state index in [-0.39, 0.29) is 0 Å². The van der Waals surface area contributed by atoms with Gasteiger partial charge in [0.15, 0.2) is 0 Å². The summed E-state index contributed by atoms with van der Waals surface area (Å²) in [4.78, 5) is 4.35. The van der Waals surface area contributed by atoms with E-state index in [2.05, 4.69) is 11.1 Å². The molecule has 3 rings (SSSR count). The van der Waals surface area contributed by atoms with E-state index >= 15 is 0 Å². The lowest BCUT2D eigenvalue weighted by Crippen LogP contribution is -1.98. The van der Waals surface area contributed by atoms with Gasteiger partial charge in [-0.1, -0.05) is 18.2 Å². The lowest BCUT2D eigenvalue weighted by atomic mass is 10.1. The number of hydrogen-bond donors (Lipinski definition) is 1. The number of benzene rings is 1. The van der Waals surface area contributed by atoms with Crippen molar-refractivity contribution in [1.82, 2.24) is 4.98 Å². The van der Waals surface area contributed by atoms with Crippen LogP contribution in [0.15, 0.2) is 24.3 Å². The third-order valence-electron chi connectivity index (χ3n) is 2.64. The summed E-state index contributed by atoms with van der Waals surface area (Å²) >= 11 is 0. The van der Waals surface area contributed by atoms with E-state index < -0.39 is 0 Å². The third-order valence-corrected chi connectivity index (χ3v) is 2.64. The molecular formula is C11H10N2O. The maximum Gasteiger partial charge on any atom is 0.130 e. The van der Waals surface area contributed by atoms with E-state index in [9.17, 15) is 0 Å². The van der Waals surface area contributed by atoms with Gasteiger partial charge in [0.1, 0.15) is 5.82 Å². The van der Waals surface area contributed by atoms with Gasteiger partial charge in [-0.3, -0.25) is 0 Å². The third kappa shape index (κ3) is 0.930. The summed E-state index contributed by atoms with van der Waals surface area (Å²) in [7, 11) is 0. The van der Waals surface area contributed by atoms with Crippen molar-refractivity contribution in [3.63, 3.8) is 0 Å². The molecule has 2 heterocycles. The number of fused-ring (bicyclic) bond motifs is 3. The van der Waals surface area contributed by atoms with Gasteiger partial charge in [-0.2, -0.15) is 0 Å². The van der Waals surface area contributed by atoms with Crippen LogP contribution < -0.4 is 5.73 Å². The Bertz CT molecular complexity index is 508.